The summed E-state index contributed by atoms with van der Waals surface area (Å²) in [4.78, 5) is 21.6. The molecule has 1 saturated heterocycles. The molecule has 0 unspecified atom stereocenters. The minimum absolute atomic E-state index is 0.309. The average Bonchev–Trinajstić information content (AvgIpc) is 2.71. The Bertz CT molecular complexity index is 724. The first-order chi connectivity index (χ1) is 14.6. The first-order valence-electron chi connectivity index (χ1n) is 11.3. The molecule has 1 amide bonds. The van der Waals surface area contributed by atoms with E-state index in [1.165, 1.54) is 12.0 Å². The van der Waals surface area contributed by atoms with Crippen LogP contribution in [0.1, 0.15) is 37.3 Å². The highest BCUT2D eigenvalue weighted by Gasteiger charge is 2.30. The molecule has 30 heavy (non-hydrogen) atoms. The second kappa shape index (κ2) is 11.2. The van der Waals surface area contributed by atoms with Crippen molar-refractivity contribution >= 4 is 11.9 Å². The number of piperazine rings is 1. The monoisotopic (exact) mass is 415 g/mol. The summed E-state index contributed by atoms with van der Waals surface area (Å²) in [6, 6.07) is 6.20. The summed E-state index contributed by atoms with van der Waals surface area (Å²) in [5.74, 6) is 2.39. The number of rotatable bonds is 8. The zero-order valence-corrected chi connectivity index (χ0v) is 18.7. The second-order valence-electron chi connectivity index (χ2n) is 8.23. The summed E-state index contributed by atoms with van der Waals surface area (Å²) in [5, 5.41) is 6.75. The molecule has 2 fully saturated rings. The van der Waals surface area contributed by atoms with Crippen molar-refractivity contribution in [2.24, 2.45) is 10.9 Å². The number of hydrogen-bond donors (Lipinski definition) is 2. The molecule has 7 nitrogen and oxygen atoms in total. The van der Waals surface area contributed by atoms with E-state index in [1.807, 2.05) is 6.07 Å². The molecule has 1 aromatic carbocycles. The van der Waals surface area contributed by atoms with Crippen molar-refractivity contribution in [1.82, 2.24) is 20.4 Å². The van der Waals surface area contributed by atoms with Gasteiger partial charge in [-0.05, 0) is 38.3 Å². The Balaban J connectivity index is 1.42. The van der Waals surface area contributed by atoms with E-state index in [0.29, 0.717) is 18.4 Å². The molecule has 0 atom stereocenters. The zero-order valence-electron chi connectivity index (χ0n) is 18.7. The van der Waals surface area contributed by atoms with Crippen molar-refractivity contribution in [3.63, 3.8) is 0 Å². The van der Waals surface area contributed by atoms with Crippen LogP contribution in [-0.2, 0) is 11.3 Å². The summed E-state index contributed by atoms with van der Waals surface area (Å²) < 4.78 is 5.49. The van der Waals surface area contributed by atoms with Gasteiger partial charge < -0.3 is 20.3 Å². The lowest BCUT2D eigenvalue weighted by molar-refractivity contribution is -0.139. The number of nitrogens with one attached hydrogen (secondary N) is 2. The third-order valence-corrected chi connectivity index (χ3v) is 6.05. The summed E-state index contributed by atoms with van der Waals surface area (Å²) in [6.07, 6.45) is 3.39. The molecular formula is C23H37N5O2. The van der Waals surface area contributed by atoms with Gasteiger partial charge in [0.15, 0.2) is 5.96 Å². The topological polar surface area (TPSA) is 69.2 Å². The molecule has 2 aliphatic rings. The molecule has 1 aromatic rings. The van der Waals surface area contributed by atoms with E-state index in [1.54, 1.807) is 7.11 Å². The van der Waals surface area contributed by atoms with Crippen molar-refractivity contribution in [1.29, 1.82) is 0 Å². The van der Waals surface area contributed by atoms with Gasteiger partial charge in [0, 0.05) is 57.3 Å². The lowest BCUT2D eigenvalue weighted by atomic mass is 9.84. The second-order valence-corrected chi connectivity index (χ2v) is 8.23. The minimum atomic E-state index is 0.309. The van der Waals surface area contributed by atoms with Crippen molar-refractivity contribution in [2.75, 3.05) is 52.9 Å². The van der Waals surface area contributed by atoms with Gasteiger partial charge in [-0.3, -0.25) is 9.69 Å². The number of guanidine groups is 1. The molecule has 3 rings (SSSR count). The molecule has 166 valence electrons. The van der Waals surface area contributed by atoms with Gasteiger partial charge in [0.1, 0.15) is 5.75 Å². The lowest BCUT2D eigenvalue weighted by Crippen LogP contribution is -2.52. The number of hydrogen-bond acceptors (Lipinski definition) is 4. The number of methoxy groups -OCH3 is 1. The van der Waals surface area contributed by atoms with Crippen LogP contribution in [0.15, 0.2) is 23.2 Å². The molecule has 0 bridgehead atoms. The van der Waals surface area contributed by atoms with Gasteiger partial charge in [0.05, 0.1) is 13.7 Å². The highest BCUT2D eigenvalue weighted by molar-refractivity contribution is 5.80. The van der Waals surface area contributed by atoms with Gasteiger partial charge in [-0.25, -0.2) is 4.99 Å². The van der Waals surface area contributed by atoms with Gasteiger partial charge in [-0.15, -0.1) is 0 Å². The lowest BCUT2D eigenvalue weighted by Gasteiger charge is -2.38. The van der Waals surface area contributed by atoms with Crippen LogP contribution in [0.25, 0.3) is 0 Å². The Morgan fingerprint density at radius 1 is 1.20 bits per heavy atom. The number of nitrogens with zero attached hydrogens (tertiary/aromatic N) is 3. The first-order valence-corrected chi connectivity index (χ1v) is 11.3. The molecule has 7 heteroatoms. The molecule has 2 N–H and O–H groups in total. The quantitative estimate of drug-likeness (QED) is 0.502. The standard InChI is InChI=1S/C23H37N5O2/c1-4-24-23(26-17-20-9-8-18(2)16-21(20)30-3)25-10-11-27-12-14-28(15-13-27)22(29)19-6-5-7-19/h8-9,16,19H,4-7,10-15,17H2,1-3H3,(H2,24,25,26). The van der Waals surface area contributed by atoms with Crippen molar-refractivity contribution in [2.45, 2.75) is 39.7 Å². The zero-order chi connectivity index (χ0) is 21.3. The molecule has 1 aliphatic carbocycles. The van der Waals surface area contributed by atoms with Crippen LogP contribution in [0.4, 0.5) is 0 Å². The van der Waals surface area contributed by atoms with E-state index in [4.69, 9.17) is 9.73 Å². The highest BCUT2D eigenvalue weighted by Crippen LogP contribution is 2.28. The van der Waals surface area contributed by atoms with E-state index in [9.17, 15) is 4.79 Å². The normalized spacial score (nSPS) is 18.1. The Morgan fingerprint density at radius 3 is 2.60 bits per heavy atom. The molecular weight excluding hydrogens is 378 g/mol. The van der Waals surface area contributed by atoms with Crippen molar-refractivity contribution in [3.05, 3.63) is 29.3 Å². The summed E-state index contributed by atoms with van der Waals surface area (Å²) in [7, 11) is 1.70. The number of carbonyl (C=O) groups is 1. The number of benzene rings is 1. The van der Waals surface area contributed by atoms with Crippen LogP contribution in [0.2, 0.25) is 0 Å². The van der Waals surface area contributed by atoms with Gasteiger partial charge in [0.2, 0.25) is 5.91 Å². The Morgan fingerprint density at radius 2 is 1.97 bits per heavy atom. The maximum atomic E-state index is 12.4. The van der Waals surface area contributed by atoms with E-state index < -0.39 is 0 Å². The Labute approximate surface area is 180 Å². The van der Waals surface area contributed by atoms with Gasteiger partial charge in [-0.1, -0.05) is 18.6 Å². The molecule has 1 aliphatic heterocycles. The number of aryl methyl sites for hydroxylation is 1. The fourth-order valence-electron chi connectivity index (χ4n) is 3.93. The fraction of sp³-hybridized carbons (Fsp3) is 0.652. The summed E-state index contributed by atoms with van der Waals surface area (Å²) >= 11 is 0. The Hall–Kier alpha value is -2.28. The van der Waals surface area contributed by atoms with E-state index in [-0.39, 0.29) is 0 Å². The van der Waals surface area contributed by atoms with Crippen LogP contribution in [-0.4, -0.2) is 74.6 Å². The molecule has 0 radical (unpaired) electrons. The number of aliphatic imine (C=N–C) groups is 1. The minimum Gasteiger partial charge on any atom is -0.496 e. The fourth-order valence-corrected chi connectivity index (χ4v) is 3.93. The number of carbonyl (C=O) groups excluding carboxylic acids is 1. The third kappa shape index (κ3) is 6.11. The van der Waals surface area contributed by atoms with Crippen LogP contribution in [0.3, 0.4) is 0 Å². The molecule has 0 spiro atoms. The maximum absolute atomic E-state index is 12.4. The predicted molar refractivity (Wildman–Crippen MR) is 121 cm³/mol. The van der Waals surface area contributed by atoms with Crippen LogP contribution in [0.5, 0.6) is 5.75 Å². The van der Waals surface area contributed by atoms with E-state index in [2.05, 4.69) is 46.4 Å². The Kier molecular flexibility index (Phi) is 8.37. The van der Waals surface area contributed by atoms with Crippen LogP contribution < -0.4 is 15.4 Å². The van der Waals surface area contributed by atoms with Crippen LogP contribution in [0, 0.1) is 12.8 Å². The third-order valence-electron chi connectivity index (χ3n) is 6.05. The van der Waals surface area contributed by atoms with Crippen LogP contribution >= 0.6 is 0 Å². The van der Waals surface area contributed by atoms with Crippen molar-refractivity contribution in [3.8, 4) is 5.75 Å². The van der Waals surface area contributed by atoms with E-state index >= 15 is 0 Å². The van der Waals surface area contributed by atoms with Gasteiger partial charge in [0.25, 0.3) is 0 Å². The van der Waals surface area contributed by atoms with Crippen molar-refractivity contribution < 1.29 is 9.53 Å². The average molecular weight is 416 g/mol. The highest BCUT2D eigenvalue weighted by atomic mass is 16.5. The van der Waals surface area contributed by atoms with Gasteiger partial charge >= 0.3 is 0 Å². The maximum Gasteiger partial charge on any atom is 0.225 e. The largest absolute Gasteiger partial charge is 0.496 e. The first kappa shape index (κ1) is 22.4. The number of ether oxygens (including phenoxy) is 1. The van der Waals surface area contributed by atoms with E-state index in [0.717, 1.165) is 75.9 Å². The number of amides is 1. The van der Waals surface area contributed by atoms with Gasteiger partial charge in [-0.2, -0.15) is 0 Å². The molecule has 1 saturated carbocycles. The summed E-state index contributed by atoms with van der Waals surface area (Å²) in [6.45, 7) is 10.9. The predicted octanol–water partition coefficient (Wildman–Crippen LogP) is 2.00. The SMILES string of the molecule is CCNC(=NCc1ccc(C)cc1OC)NCCN1CCN(C(=O)C2CCC2)CC1. The summed E-state index contributed by atoms with van der Waals surface area (Å²) in [5.41, 5.74) is 2.26. The smallest absolute Gasteiger partial charge is 0.225 e. The molecule has 1 heterocycles. The molecule has 0 aromatic heterocycles.